The fourth-order valence-electron chi connectivity index (χ4n) is 0.641. The van der Waals surface area contributed by atoms with Crippen LogP contribution in [-0.2, 0) is 0 Å². The van der Waals surface area contributed by atoms with Gasteiger partial charge in [-0.15, -0.1) is 0 Å². The molecule has 2 heterocycles. The summed E-state index contributed by atoms with van der Waals surface area (Å²) in [5.41, 5.74) is 0. The Bertz CT molecular complexity index is 598. The molecule has 2 aromatic heterocycles. The monoisotopic (exact) mass is 229 g/mol. The molecule has 0 radical (unpaired) electrons. The Morgan fingerprint density at radius 2 is 2.42 bits per heavy atom. The Labute approximate surface area is 84.4 Å². The maximum atomic E-state index is 7.61. The van der Waals surface area contributed by atoms with E-state index in [4.69, 9.17) is 6.85 Å². The average Bonchev–Trinajstić information content (AvgIpc) is 2.51. The van der Waals surface area contributed by atoms with Gasteiger partial charge in [0.15, 0.2) is 5.82 Å². The lowest BCUT2D eigenvalue weighted by atomic mass is 10.6. The van der Waals surface area contributed by atoms with Crippen LogP contribution in [0.25, 0.3) is 5.82 Å². The minimum absolute atomic E-state index is 0.138. The van der Waals surface area contributed by atoms with Crippen molar-refractivity contribution in [3.05, 3.63) is 35.3 Å². The molecule has 12 heavy (non-hydrogen) atoms. The van der Waals surface area contributed by atoms with Crippen molar-refractivity contribution in [3.8, 4) is 5.82 Å². The fourth-order valence-corrected chi connectivity index (χ4v) is 0.888. The van der Waals surface area contributed by atoms with E-state index in [1.54, 1.807) is 0 Å². The standard InChI is InChI=1S/C7H5BrN4/c8-6-2-4-12(11-6)7-1-3-9-5-10-7/h1-5H/i1D,2D,3D,4D,5D. The molecule has 0 fully saturated rings. The molecule has 0 bridgehead atoms. The van der Waals surface area contributed by atoms with Crippen molar-refractivity contribution >= 4 is 15.9 Å². The van der Waals surface area contributed by atoms with Gasteiger partial charge in [0, 0.05) is 18.4 Å². The molecular weight excluding hydrogens is 220 g/mol. The number of nitrogens with zero attached hydrogens (tertiary/aromatic N) is 4. The number of aromatic nitrogens is 4. The molecule has 0 atom stereocenters. The fraction of sp³-hybridized carbons (Fsp3) is 0. The summed E-state index contributed by atoms with van der Waals surface area (Å²) in [6.45, 7) is 0. The van der Waals surface area contributed by atoms with Crippen LogP contribution in [0.5, 0.6) is 0 Å². The zero-order valence-corrected chi connectivity index (χ0v) is 7.25. The van der Waals surface area contributed by atoms with Crippen molar-refractivity contribution in [1.29, 1.82) is 0 Å². The van der Waals surface area contributed by atoms with Crippen molar-refractivity contribution in [3.63, 3.8) is 0 Å². The minimum atomic E-state index is -0.432. The maximum absolute atomic E-state index is 7.61. The lowest BCUT2D eigenvalue weighted by Gasteiger charge is -1.96. The van der Waals surface area contributed by atoms with Crippen molar-refractivity contribution in [2.75, 3.05) is 0 Å². The molecule has 0 saturated carbocycles. The molecule has 0 unspecified atom stereocenters. The van der Waals surface area contributed by atoms with Gasteiger partial charge in [0.25, 0.3) is 0 Å². The zero-order chi connectivity index (χ0) is 12.7. The van der Waals surface area contributed by atoms with Gasteiger partial charge in [-0.05, 0) is 22.0 Å². The molecule has 5 heteroatoms. The second-order valence-corrected chi connectivity index (χ2v) is 2.57. The van der Waals surface area contributed by atoms with Crippen LogP contribution in [0.15, 0.2) is 35.3 Å². The third-order valence-corrected chi connectivity index (χ3v) is 1.44. The van der Waals surface area contributed by atoms with Crippen LogP contribution in [0, 0.1) is 0 Å². The van der Waals surface area contributed by atoms with Crippen LogP contribution in [0.3, 0.4) is 0 Å². The van der Waals surface area contributed by atoms with E-state index in [0.29, 0.717) is 0 Å². The normalized spacial score (nSPS) is 15.9. The topological polar surface area (TPSA) is 43.6 Å². The summed E-state index contributed by atoms with van der Waals surface area (Å²) in [6.07, 6.45) is -1.13. The number of halogens is 1. The lowest BCUT2D eigenvalue weighted by Crippen LogP contribution is -1.97. The van der Waals surface area contributed by atoms with E-state index in [9.17, 15) is 0 Å². The van der Waals surface area contributed by atoms with E-state index in [2.05, 4.69) is 31.0 Å². The Balaban J connectivity index is 2.72. The Morgan fingerprint density at radius 1 is 1.50 bits per heavy atom. The third-order valence-electron chi connectivity index (χ3n) is 1.08. The molecule has 0 aliphatic carbocycles. The van der Waals surface area contributed by atoms with E-state index in [-0.39, 0.29) is 28.7 Å². The molecule has 0 aliphatic rings. The molecule has 2 rings (SSSR count). The number of hydrogen-bond donors (Lipinski definition) is 0. The first-order chi connectivity index (χ1) is 7.91. The summed E-state index contributed by atoms with van der Waals surface area (Å²) in [4.78, 5) is 7.04. The highest BCUT2D eigenvalue weighted by molar-refractivity contribution is 9.10. The molecule has 0 N–H and O–H groups in total. The second kappa shape index (κ2) is 3.02. The predicted octanol–water partition coefficient (Wildman–Crippen LogP) is 1.42. The molecule has 0 amide bonds. The first-order valence-corrected chi connectivity index (χ1v) is 3.75. The Morgan fingerprint density at radius 3 is 3.17 bits per heavy atom. The SMILES string of the molecule is [2H]c1nc([2H])c([2H])c(-n2nc(Br)c([2H])c2[2H])n1. The van der Waals surface area contributed by atoms with Gasteiger partial charge >= 0.3 is 0 Å². The molecule has 4 nitrogen and oxygen atoms in total. The minimum Gasteiger partial charge on any atom is -0.245 e. The number of rotatable bonds is 1. The Kier molecular flexibility index (Phi) is 0.920. The van der Waals surface area contributed by atoms with E-state index in [1.165, 1.54) is 0 Å². The highest BCUT2D eigenvalue weighted by atomic mass is 79.9. The second-order valence-electron chi connectivity index (χ2n) is 1.82. The molecule has 60 valence electrons. The smallest absolute Gasteiger partial charge is 0.156 e. The quantitative estimate of drug-likeness (QED) is 0.744. The van der Waals surface area contributed by atoms with Crippen molar-refractivity contribution in [1.82, 2.24) is 19.7 Å². The number of hydrogen-bond acceptors (Lipinski definition) is 3. The van der Waals surface area contributed by atoms with Gasteiger partial charge in [0.05, 0.1) is 5.48 Å². The average molecular weight is 230 g/mol. The summed E-state index contributed by atoms with van der Waals surface area (Å²) in [6, 6.07) is -0.495. The first-order valence-electron chi connectivity index (χ1n) is 5.45. The van der Waals surface area contributed by atoms with Crippen LogP contribution in [0.1, 0.15) is 6.85 Å². The summed E-state index contributed by atoms with van der Waals surface area (Å²) >= 11 is 2.99. The summed E-state index contributed by atoms with van der Waals surface area (Å²) in [7, 11) is 0. The van der Waals surface area contributed by atoms with Gasteiger partial charge in [-0.25, -0.2) is 14.6 Å². The molecule has 0 saturated heterocycles. The van der Waals surface area contributed by atoms with Gasteiger partial charge in [0.2, 0.25) is 0 Å². The van der Waals surface area contributed by atoms with Gasteiger partial charge in [-0.3, -0.25) is 0 Å². The summed E-state index contributed by atoms with van der Waals surface area (Å²) < 4.78 is 38.4. The third kappa shape index (κ3) is 1.35. The van der Waals surface area contributed by atoms with Gasteiger partial charge < -0.3 is 0 Å². The van der Waals surface area contributed by atoms with Crippen LogP contribution >= 0.6 is 15.9 Å². The van der Waals surface area contributed by atoms with Crippen molar-refractivity contribution < 1.29 is 6.85 Å². The van der Waals surface area contributed by atoms with Crippen LogP contribution in [0.2, 0.25) is 0 Å². The van der Waals surface area contributed by atoms with E-state index in [1.807, 2.05) is 0 Å². The van der Waals surface area contributed by atoms with Gasteiger partial charge in [0.1, 0.15) is 12.3 Å². The zero-order valence-electron chi connectivity index (χ0n) is 10.7. The maximum Gasteiger partial charge on any atom is 0.156 e. The van der Waals surface area contributed by atoms with Crippen molar-refractivity contribution in [2.24, 2.45) is 0 Å². The van der Waals surface area contributed by atoms with E-state index in [0.717, 1.165) is 4.68 Å². The van der Waals surface area contributed by atoms with Gasteiger partial charge in [-0.1, -0.05) is 0 Å². The van der Waals surface area contributed by atoms with E-state index >= 15 is 0 Å². The summed E-state index contributed by atoms with van der Waals surface area (Å²) in [5, 5.41) is 3.80. The summed E-state index contributed by atoms with van der Waals surface area (Å²) in [5.74, 6) is -0.154. The molecule has 0 spiro atoms. The molecule has 0 aliphatic heterocycles. The van der Waals surface area contributed by atoms with Crippen LogP contribution in [-0.4, -0.2) is 19.7 Å². The largest absolute Gasteiger partial charge is 0.245 e. The highest BCUT2D eigenvalue weighted by Crippen LogP contribution is 2.07. The molecular formula is C7H5BrN4. The highest BCUT2D eigenvalue weighted by Gasteiger charge is 1.97. The predicted molar refractivity (Wildman–Crippen MR) is 46.9 cm³/mol. The molecule has 2 aromatic rings. The van der Waals surface area contributed by atoms with Crippen molar-refractivity contribution in [2.45, 2.75) is 0 Å². The lowest BCUT2D eigenvalue weighted by molar-refractivity contribution is 0.831. The van der Waals surface area contributed by atoms with Gasteiger partial charge in [-0.2, -0.15) is 5.10 Å². The Hall–Kier alpha value is -1.23. The van der Waals surface area contributed by atoms with E-state index < -0.39 is 12.5 Å². The van der Waals surface area contributed by atoms with Crippen LogP contribution < -0.4 is 0 Å². The van der Waals surface area contributed by atoms with Crippen LogP contribution in [0.4, 0.5) is 0 Å². The molecule has 0 aromatic carbocycles. The first kappa shape index (κ1) is 3.66.